The molecule has 2 N–H and O–H groups in total. The molecule has 2 aliphatic rings. The molecule has 0 atom stereocenters. The lowest BCUT2D eigenvalue weighted by Crippen LogP contribution is -1.95. The quantitative estimate of drug-likeness (QED) is 0.521. The van der Waals surface area contributed by atoms with E-state index < -0.39 is 0 Å². The molecule has 0 bridgehead atoms. The molecule has 4 rings (SSSR count). The van der Waals surface area contributed by atoms with Gasteiger partial charge in [-0.3, -0.25) is 0 Å². The monoisotopic (exact) mass is 344 g/mol. The van der Waals surface area contributed by atoms with E-state index in [1.807, 2.05) is 54.6 Å². The number of fused-ring (bicyclic) bond motifs is 1. The Bertz CT molecular complexity index is 981. The number of nitrogens with two attached hydrogens (primary N) is 1. The number of hydrogen-bond acceptors (Lipinski definition) is 3. The molecule has 3 nitrogen and oxygen atoms in total. The molecule has 26 heavy (non-hydrogen) atoms. The van der Waals surface area contributed by atoms with E-state index in [0.29, 0.717) is 12.4 Å². The maximum atomic E-state index is 12.9. The molecule has 0 saturated carbocycles. The Labute approximate surface area is 151 Å². The summed E-state index contributed by atoms with van der Waals surface area (Å²) in [6.45, 7) is 0.336. The lowest BCUT2D eigenvalue weighted by atomic mass is 10.1. The van der Waals surface area contributed by atoms with Crippen molar-refractivity contribution in [1.29, 1.82) is 0 Å². The fourth-order valence-electron chi connectivity index (χ4n) is 2.88. The van der Waals surface area contributed by atoms with Crippen molar-refractivity contribution in [3.8, 4) is 28.1 Å². The fourth-order valence-corrected chi connectivity index (χ4v) is 2.88. The Hall–Kier alpha value is -3.40. The van der Waals surface area contributed by atoms with Gasteiger partial charge in [-0.05, 0) is 48.0 Å². The van der Waals surface area contributed by atoms with Crippen LogP contribution in [0.4, 0.5) is 10.1 Å². The van der Waals surface area contributed by atoms with E-state index in [9.17, 15) is 4.39 Å². The Morgan fingerprint density at radius 3 is 2.38 bits per heavy atom. The van der Waals surface area contributed by atoms with Gasteiger partial charge in [-0.15, -0.1) is 0 Å². The van der Waals surface area contributed by atoms with Gasteiger partial charge in [-0.1, -0.05) is 36.4 Å². The summed E-state index contributed by atoms with van der Waals surface area (Å²) < 4.78 is 18.6. The van der Waals surface area contributed by atoms with Crippen LogP contribution in [0.5, 0.6) is 5.75 Å². The van der Waals surface area contributed by atoms with Gasteiger partial charge in [-0.25, -0.2) is 9.37 Å². The minimum absolute atomic E-state index is 0.281. The van der Waals surface area contributed by atoms with Crippen molar-refractivity contribution in [3.63, 3.8) is 0 Å². The first-order chi connectivity index (χ1) is 12.7. The van der Waals surface area contributed by atoms with E-state index in [2.05, 4.69) is 4.98 Å². The van der Waals surface area contributed by atoms with Crippen LogP contribution in [0.2, 0.25) is 0 Å². The summed E-state index contributed by atoms with van der Waals surface area (Å²) in [5.41, 5.74) is 11.6. The number of halogens is 1. The largest absolute Gasteiger partial charge is 0.487 e. The predicted octanol–water partition coefficient (Wildman–Crippen LogP) is 5.15. The second kappa shape index (κ2) is 6.84. The molecule has 0 saturated heterocycles. The molecular weight excluding hydrogens is 327 g/mol. The van der Waals surface area contributed by atoms with Gasteiger partial charge >= 0.3 is 0 Å². The Balaban J connectivity index is 1.56. The molecule has 0 amide bonds. The number of benzene rings is 2. The second-order valence-corrected chi connectivity index (χ2v) is 6.04. The minimum atomic E-state index is -0.281. The van der Waals surface area contributed by atoms with E-state index in [0.717, 1.165) is 33.8 Å². The van der Waals surface area contributed by atoms with E-state index in [1.54, 1.807) is 12.1 Å². The molecule has 0 fully saturated rings. The molecular formula is C22H17FN2O. The second-order valence-electron chi connectivity index (χ2n) is 6.04. The summed E-state index contributed by atoms with van der Waals surface area (Å²) in [5, 5.41) is 0. The van der Waals surface area contributed by atoms with Crippen molar-refractivity contribution in [2.75, 3.05) is 5.73 Å². The number of aromatic nitrogens is 1. The predicted molar refractivity (Wildman–Crippen MR) is 101 cm³/mol. The Morgan fingerprint density at radius 2 is 1.58 bits per heavy atom. The average molecular weight is 344 g/mol. The SMILES string of the molecule is Nc1ccccc1-c1ccc2cc(COc3ccc(F)cc3)nc-2cc1. The van der Waals surface area contributed by atoms with Crippen LogP contribution >= 0.6 is 0 Å². The number of nitrogen functional groups attached to an aromatic ring is 1. The van der Waals surface area contributed by atoms with Crippen molar-refractivity contribution in [2.45, 2.75) is 6.61 Å². The van der Waals surface area contributed by atoms with Crippen LogP contribution in [0.1, 0.15) is 5.69 Å². The number of nitrogens with zero attached hydrogens (tertiary/aromatic N) is 1. The third-order valence-corrected chi connectivity index (χ3v) is 4.22. The first-order valence-electron chi connectivity index (χ1n) is 8.32. The number of ether oxygens (including phenoxy) is 1. The Morgan fingerprint density at radius 1 is 0.846 bits per heavy atom. The molecule has 2 aromatic rings. The maximum Gasteiger partial charge on any atom is 0.130 e. The summed E-state index contributed by atoms with van der Waals surface area (Å²) in [4.78, 5) is 4.61. The van der Waals surface area contributed by atoms with Crippen LogP contribution < -0.4 is 10.5 Å². The molecule has 1 heterocycles. The fraction of sp³-hybridized carbons (Fsp3) is 0.0455. The topological polar surface area (TPSA) is 48.1 Å². The molecule has 0 aromatic heterocycles. The van der Waals surface area contributed by atoms with Crippen molar-refractivity contribution >= 4 is 5.69 Å². The zero-order valence-corrected chi connectivity index (χ0v) is 14.0. The zero-order chi connectivity index (χ0) is 17.9. The average Bonchev–Trinajstić information content (AvgIpc) is 2.94. The normalized spacial score (nSPS) is 10.8. The lowest BCUT2D eigenvalue weighted by molar-refractivity contribution is 0.302. The van der Waals surface area contributed by atoms with Gasteiger partial charge in [0.25, 0.3) is 0 Å². The van der Waals surface area contributed by atoms with Crippen LogP contribution in [0.25, 0.3) is 22.4 Å². The van der Waals surface area contributed by atoms with E-state index >= 15 is 0 Å². The third-order valence-electron chi connectivity index (χ3n) is 4.22. The number of rotatable bonds is 4. The summed E-state index contributed by atoms with van der Waals surface area (Å²) >= 11 is 0. The molecule has 4 heteroatoms. The van der Waals surface area contributed by atoms with Gasteiger partial charge < -0.3 is 10.5 Å². The van der Waals surface area contributed by atoms with Crippen molar-refractivity contribution in [2.24, 2.45) is 0 Å². The maximum absolute atomic E-state index is 12.9. The van der Waals surface area contributed by atoms with Gasteiger partial charge in [-0.2, -0.15) is 0 Å². The molecule has 0 unspecified atom stereocenters. The summed E-state index contributed by atoms with van der Waals surface area (Å²) in [7, 11) is 0. The number of para-hydroxylation sites is 1. The molecule has 0 spiro atoms. The van der Waals surface area contributed by atoms with Crippen LogP contribution in [-0.2, 0) is 6.61 Å². The number of hydrogen-bond donors (Lipinski definition) is 1. The van der Waals surface area contributed by atoms with Crippen LogP contribution in [0.3, 0.4) is 0 Å². The highest BCUT2D eigenvalue weighted by atomic mass is 19.1. The van der Waals surface area contributed by atoms with Gasteiger partial charge in [0.05, 0.1) is 11.4 Å². The van der Waals surface area contributed by atoms with Crippen molar-refractivity contribution in [1.82, 2.24) is 4.98 Å². The van der Waals surface area contributed by atoms with Gasteiger partial charge in [0, 0.05) is 16.8 Å². The summed E-state index contributed by atoms with van der Waals surface area (Å²) in [5.74, 6) is 0.336. The van der Waals surface area contributed by atoms with Crippen LogP contribution in [0, 0.1) is 5.82 Å². The Kier molecular flexibility index (Phi) is 4.23. The van der Waals surface area contributed by atoms with E-state index in [4.69, 9.17) is 10.5 Å². The minimum Gasteiger partial charge on any atom is -0.487 e. The third kappa shape index (κ3) is 3.35. The molecule has 1 aliphatic heterocycles. The zero-order valence-electron chi connectivity index (χ0n) is 14.0. The lowest BCUT2D eigenvalue weighted by Gasteiger charge is -2.03. The standard InChI is InChI=1S/C22H17FN2O/c23-17-8-10-19(11-9-17)26-14-18-13-16-6-5-15(7-12-22(16)25-18)20-3-1-2-4-21(20)24/h1-13H,14,24H2. The summed E-state index contributed by atoms with van der Waals surface area (Å²) in [6.07, 6.45) is 0. The van der Waals surface area contributed by atoms with E-state index in [1.165, 1.54) is 12.1 Å². The van der Waals surface area contributed by atoms with E-state index in [-0.39, 0.29) is 5.82 Å². The van der Waals surface area contributed by atoms with Crippen molar-refractivity contribution < 1.29 is 9.13 Å². The molecule has 128 valence electrons. The highest BCUT2D eigenvalue weighted by Crippen LogP contribution is 2.29. The highest BCUT2D eigenvalue weighted by Gasteiger charge is 2.09. The molecule has 2 aromatic carbocycles. The first kappa shape index (κ1) is 16.1. The molecule has 1 aliphatic carbocycles. The van der Waals surface area contributed by atoms with Gasteiger partial charge in [0.15, 0.2) is 0 Å². The molecule has 0 radical (unpaired) electrons. The smallest absolute Gasteiger partial charge is 0.130 e. The highest BCUT2D eigenvalue weighted by molar-refractivity contribution is 5.77. The van der Waals surface area contributed by atoms with Crippen LogP contribution in [-0.4, -0.2) is 4.98 Å². The first-order valence-corrected chi connectivity index (χ1v) is 8.32. The van der Waals surface area contributed by atoms with Gasteiger partial charge in [0.2, 0.25) is 0 Å². The van der Waals surface area contributed by atoms with Crippen molar-refractivity contribution in [3.05, 3.63) is 90.4 Å². The van der Waals surface area contributed by atoms with Gasteiger partial charge in [0.1, 0.15) is 18.2 Å². The van der Waals surface area contributed by atoms with Crippen LogP contribution in [0.15, 0.2) is 78.9 Å². The number of anilines is 1. The summed E-state index contributed by atoms with van der Waals surface area (Å²) in [6, 6.07) is 23.8.